The van der Waals surface area contributed by atoms with Crippen molar-refractivity contribution in [3.05, 3.63) is 146 Å². The van der Waals surface area contributed by atoms with Crippen LogP contribution in [-0.4, -0.2) is 19.9 Å². The van der Waals surface area contributed by atoms with Gasteiger partial charge in [-0.15, -0.1) is 11.3 Å². The molecule has 0 aliphatic rings. The number of rotatable bonds is 4. The van der Waals surface area contributed by atoms with Crippen LogP contribution in [0.3, 0.4) is 0 Å². The van der Waals surface area contributed by atoms with Crippen molar-refractivity contribution >= 4 is 53.2 Å². The van der Waals surface area contributed by atoms with Crippen molar-refractivity contribution in [2.75, 3.05) is 0 Å². The van der Waals surface area contributed by atoms with Gasteiger partial charge in [0.25, 0.3) is 0 Å². The zero-order valence-electron chi connectivity index (χ0n) is 24.1. The standard InChI is InChI=1S/C40H24N4S/c1-3-12-29-25(9-1)11-7-14-30(29)26-19-21-28(22-20-26)38-42-39(32-15-8-18-36-37(32)31-13-4-6-17-35(31)45-36)44-40(43-38)34-24-23-27-10-2-5-16-33(27)41-34/h1-24H. The Labute approximate surface area is 263 Å². The first-order valence-corrected chi connectivity index (χ1v) is 15.7. The van der Waals surface area contributed by atoms with E-state index in [1.54, 1.807) is 11.3 Å². The molecule has 0 fully saturated rings. The molecule has 6 aromatic carbocycles. The number of aromatic nitrogens is 4. The summed E-state index contributed by atoms with van der Waals surface area (Å²) in [6.45, 7) is 0. The number of fused-ring (bicyclic) bond motifs is 5. The van der Waals surface area contributed by atoms with E-state index in [1.165, 1.54) is 36.5 Å². The first kappa shape index (κ1) is 25.7. The Morgan fingerprint density at radius 2 is 1.02 bits per heavy atom. The van der Waals surface area contributed by atoms with E-state index in [0.29, 0.717) is 23.2 Å². The summed E-state index contributed by atoms with van der Waals surface area (Å²) >= 11 is 1.79. The lowest BCUT2D eigenvalue weighted by molar-refractivity contribution is 1.06. The average molecular weight is 593 g/mol. The van der Waals surface area contributed by atoms with Crippen LogP contribution in [0.5, 0.6) is 0 Å². The second-order valence-electron chi connectivity index (χ2n) is 11.1. The Hall–Kier alpha value is -5.78. The summed E-state index contributed by atoms with van der Waals surface area (Å²) in [7, 11) is 0. The van der Waals surface area contributed by atoms with E-state index >= 15 is 0 Å². The molecule has 4 nitrogen and oxygen atoms in total. The molecule has 0 spiro atoms. The zero-order chi connectivity index (χ0) is 29.7. The highest BCUT2D eigenvalue weighted by Crippen LogP contribution is 2.39. The molecule has 9 aromatic rings. The second-order valence-corrected chi connectivity index (χ2v) is 12.2. The molecule has 0 unspecified atom stereocenters. The molecule has 5 heteroatoms. The fourth-order valence-corrected chi connectivity index (χ4v) is 7.30. The Kier molecular flexibility index (Phi) is 5.96. The maximum Gasteiger partial charge on any atom is 0.182 e. The van der Waals surface area contributed by atoms with Crippen LogP contribution in [0, 0.1) is 0 Å². The molecule has 0 bridgehead atoms. The van der Waals surface area contributed by atoms with Crippen molar-refractivity contribution in [1.29, 1.82) is 0 Å². The number of hydrogen-bond donors (Lipinski definition) is 0. The Balaban J connectivity index is 1.23. The lowest BCUT2D eigenvalue weighted by Gasteiger charge is -2.11. The largest absolute Gasteiger partial charge is 0.244 e. The van der Waals surface area contributed by atoms with Crippen molar-refractivity contribution in [2.24, 2.45) is 0 Å². The highest BCUT2D eigenvalue weighted by molar-refractivity contribution is 7.25. The molecule has 0 radical (unpaired) electrons. The predicted octanol–water partition coefficient (Wildman–Crippen LogP) is 10.6. The summed E-state index contributed by atoms with van der Waals surface area (Å²) in [5.74, 6) is 1.80. The van der Waals surface area contributed by atoms with Crippen LogP contribution < -0.4 is 0 Å². The zero-order valence-corrected chi connectivity index (χ0v) is 24.9. The normalized spacial score (nSPS) is 11.6. The van der Waals surface area contributed by atoms with E-state index < -0.39 is 0 Å². The van der Waals surface area contributed by atoms with Gasteiger partial charge in [-0.3, -0.25) is 0 Å². The van der Waals surface area contributed by atoms with Gasteiger partial charge in [0.2, 0.25) is 0 Å². The van der Waals surface area contributed by atoms with Gasteiger partial charge in [-0.05, 0) is 46.2 Å². The second kappa shape index (κ2) is 10.4. The van der Waals surface area contributed by atoms with E-state index in [0.717, 1.165) is 27.6 Å². The van der Waals surface area contributed by atoms with Crippen LogP contribution in [-0.2, 0) is 0 Å². The minimum Gasteiger partial charge on any atom is -0.244 e. The summed E-state index contributed by atoms with van der Waals surface area (Å²) in [5.41, 5.74) is 5.89. The van der Waals surface area contributed by atoms with Gasteiger partial charge < -0.3 is 0 Å². The molecule has 3 aromatic heterocycles. The lowest BCUT2D eigenvalue weighted by Crippen LogP contribution is -2.01. The monoisotopic (exact) mass is 592 g/mol. The van der Waals surface area contributed by atoms with E-state index in [4.69, 9.17) is 19.9 Å². The maximum absolute atomic E-state index is 5.11. The Bertz CT molecular complexity index is 2550. The number of thiophene rings is 1. The van der Waals surface area contributed by atoms with Gasteiger partial charge in [0, 0.05) is 36.7 Å². The summed E-state index contributed by atoms with van der Waals surface area (Å²) in [5, 5.41) is 5.91. The molecule has 210 valence electrons. The molecule has 0 amide bonds. The van der Waals surface area contributed by atoms with Crippen molar-refractivity contribution in [3.63, 3.8) is 0 Å². The molecular weight excluding hydrogens is 569 g/mol. The minimum absolute atomic E-state index is 0.551. The van der Waals surface area contributed by atoms with E-state index in [9.17, 15) is 0 Å². The SMILES string of the molecule is c1ccc2nc(-c3nc(-c4ccc(-c5cccc6ccccc56)cc4)nc(-c4cccc5sc6ccccc6c45)n3)ccc2c1. The van der Waals surface area contributed by atoms with E-state index in [2.05, 4.69) is 121 Å². The van der Waals surface area contributed by atoms with Crippen molar-refractivity contribution in [3.8, 4) is 45.4 Å². The molecule has 0 aliphatic heterocycles. The smallest absolute Gasteiger partial charge is 0.182 e. The lowest BCUT2D eigenvalue weighted by atomic mass is 9.97. The molecule has 0 atom stereocenters. The van der Waals surface area contributed by atoms with Gasteiger partial charge in [-0.2, -0.15) is 0 Å². The van der Waals surface area contributed by atoms with E-state index in [-0.39, 0.29) is 0 Å². The van der Waals surface area contributed by atoms with Gasteiger partial charge in [0.05, 0.1) is 5.52 Å². The van der Waals surface area contributed by atoms with Gasteiger partial charge in [-0.1, -0.05) is 121 Å². The summed E-state index contributed by atoms with van der Waals surface area (Å²) in [4.78, 5) is 20.1. The number of para-hydroxylation sites is 1. The van der Waals surface area contributed by atoms with Crippen molar-refractivity contribution in [2.45, 2.75) is 0 Å². The first-order chi connectivity index (χ1) is 22.3. The molecule has 45 heavy (non-hydrogen) atoms. The fraction of sp³-hybridized carbons (Fsp3) is 0. The van der Waals surface area contributed by atoms with Crippen LogP contribution in [0.1, 0.15) is 0 Å². The average Bonchev–Trinajstić information content (AvgIpc) is 3.50. The summed E-state index contributed by atoms with van der Waals surface area (Å²) < 4.78 is 2.45. The summed E-state index contributed by atoms with van der Waals surface area (Å²) in [6.07, 6.45) is 0. The highest BCUT2D eigenvalue weighted by atomic mass is 32.1. The van der Waals surface area contributed by atoms with Crippen LogP contribution >= 0.6 is 11.3 Å². The Morgan fingerprint density at radius 1 is 0.378 bits per heavy atom. The van der Waals surface area contributed by atoms with Gasteiger partial charge in [-0.25, -0.2) is 19.9 Å². The van der Waals surface area contributed by atoms with Crippen LogP contribution in [0.4, 0.5) is 0 Å². The van der Waals surface area contributed by atoms with Gasteiger partial charge in [0.1, 0.15) is 5.69 Å². The van der Waals surface area contributed by atoms with E-state index in [1.807, 2.05) is 24.3 Å². The topological polar surface area (TPSA) is 51.6 Å². The molecule has 0 saturated carbocycles. The third kappa shape index (κ3) is 4.44. The molecule has 3 heterocycles. The molecule has 0 saturated heterocycles. The number of nitrogens with zero attached hydrogens (tertiary/aromatic N) is 4. The fourth-order valence-electron chi connectivity index (χ4n) is 6.17. The molecule has 9 rings (SSSR count). The highest BCUT2D eigenvalue weighted by Gasteiger charge is 2.17. The van der Waals surface area contributed by atoms with Gasteiger partial charge >= 0.3 is 0 Å². The Morgan fingerprint density at radius 3 is 1.93 bits per heavy atom. The molecule has 0 N–H and O–H groups in total. The number of hydrogen-bond acceptors (Lipinski definition) is 5. The van der Waals surface area contributed by atoms with Crippen LogP contribution in [0.15, 0.2) is 146 Å². The summed E-state index contributed by atoms with van der Waals surface area (Å²) in [6, 6.07) is 50.5. The maximum atomic E-state index is 5.11. The van der Waals surface area contributed by atoms with Crippen molar-refractivity contribution < 1.29 is 0 Å². The van der Waals surface area contributed by atoms with Crippen LogP contribution in [0.2, 0.25) is 0 Å². The number of pyridine rings is 1. The molecule has 0 aliphatic carbocycles. The number of benzene rings is 6. The quantitative estimate of drug-likeness (QED) is 0.204. The first-order valence-electron chi connectivity index (χ1n) is 14.9. The predicted molar refractivity (Wildman–Crippen MR) is 187 cm³/mol. The van der Waals surface area contributed by atoms with Crippen molar-refractivity contribution in [1.82, 2.24) is 19.9 Å². The third-order valence-corrected chi connectivity index (χ3v) is 9.49. The third-order valence-electron chi connectivity index (χ3n) is 8.35. The molecular formula is C40H24N4S. The minimum atomic E-state index is 0.551. The van der Waals surface area contributed by atoms with Gasteiger partial charge in [0.15, 0.2) is 17.5 Å². The van der Waals surface area contributed by atoms with Crippen LogP contribution in [0.25, 0.3) is 87.3 Å².